The summed E-state index contributed by atoms with van der Waals surface area (Å²) >= 11 is 0. The predicted molar refractivity (Wildman–Crippen MR) is 164 cm³/mol. The molecule has 4 aromatic rings. The molecule has 2 unspecified atom stereocenters. The number of oxime groups is 2. The maximum absolute atomic E-state index is 12.4. The summed E-state index contributed by atoms with van der Waals surface area (Å²) in [5.41, 5.74) is 1.27. The van der Waals surface area contributed by atoms with Gasteiger partial charge in [0.2, 0.25) is 0 Å². The van der Waals surface area contributed by atoms with Crippen LogP contribution in [-0.2, 0) is 31.3 Å². The second kappa shape index (κ2) is 15.0. The van der Waals surface area contributed by atoms with Gasteiger partial charge in [-0.2, -0.15) is 0 Å². The van der Waals surface area contributed by atoms with Gasteiger partial charge >= 0.3 is 12.7 Å². The van der Waals surface area contributed by atoms with Gasteiger partial charge in [-0.05, 0) is 59.7 Å². The van der Waals surface area contributed by atoms with Crippen molar-refractivity contribution < 1.29 is 53.9 Å². The van der Waals surface area contributed by atoms with Gasteiger partial charge in [-0.3, -0.25) is 0 Å². The van der Waals surface area contributed by atoms with Crippen LogP contribution in [0.3, 0.4) is 0 Å². The summed E-state index contributed by atoms with van der Waals surface area (Å²) < 4.78 is 105. The number of benzene rings is 4. The van der Waals surface area contributed by atoms with Gasteiger partial charge in [0.15, 0.2) is 22.3 Å². The molecule has 0 saturated carbocycles. The number of nitrogens with zero attached hydrogens (tertiary/aromatic N) is 2. The van der Waals surface area contributed by atoms with E-state index in [1.807, 2.05) is 12.1 Å². The number of ether oxygens (including phenoxy) is 2. The van der Waals surface area contributed by atoms with E-state index in [1.165, 1.54) is 48.5 Å². The molecule has 0 aliphatic carbocycles. The first kappa shape index (κ1) is 34.6. The molecule has 0 fully saturated rings. The second-order valence-electron chi connectivity index (χ2n) is 9.96. The minimum Gasteiger partial charge on any atom is -0.406 e. The third-order valence-corrected chi connectivity index (χ3v) is 9.34. The van der Waals surface area contributed by atoms with Crippen LogP contribution >= 0.6 is 0 Å². The normalized spacial score (nSPS) is 18.6. The quantitative estimate of drug-likeness (QED) is 0.187. The molecule has 16 heteroatoms. The molecule has 0 bridgehead atoms. The molecular weight excluding hydrogens is 686 g/mol. The zero-order valence-corrected chi connectivity index (χ0v) is 26.0. The number of rotatable bonds is 6. The zero-order valence-electron chi connectivity index (χ0n) is 24.4. The number of alkyl halides is 6. The Labute approximate surface area is 274 Å². The van der Waals surface area contributed by atoms with Gasteiger partial charge in [-0.15, -0.1) is 26.3 Å². The maximum atomic E-state index is 12.4. The van der Waals surface area contributed by atoms with Gasteiger partial charge in [0.25, 0.3) is 0 Å². The third kappa shape index (κ3) is 9.67. The second-order valence-corrected chi connectivity index (χ2v) is 12.9. The highest BCUT2D eigenvalue weighted by Crippen LogP contribution is 2.33. The first-order valence-corrected chi connectivity index (χ1v) is 16.2. The first-order chi connectivity index (χ1) is 22.8. The summed E-state index contributed by atoms with van der Waals surface area (Å²) in [5, 5.41) is 8.49. The van der Waals surface area contributed by atoms with Crippen LogP contribution in [0.5, 0.6) is 11.5 Å². The summed E-state index contributed by atoms with van der Waals surface area (Å²) in [6.07, 6.45) is -9.80. The lowest BCUT2D eigenvalue weighted by molar-refractivity contribution is -0.275. The molecule has 252 valence electrons. The Morgan fingerprint density at radius 3 is 1.19 bits per heavy atom. The van der Waals surface area contributed by atoms with Crippen molar-refractivity contribution in [2.45, 2.75) is 47.6 Å². The predicted octanol–water partition coefficient (Wildman–Crippen LogP) is 8.34. The van der Waals surface area contributed by atoms with Crippen molar-refractivity contribution in [3.8, 4) is 11.5 Å². The largest absolute Gasteiger partial charge is 0.573 e. The third-order valence-electron chi connectivity index (χ3n) is 6.60. The highest BCUT2D eigenvalue weighted by atomic mass is 32.2. The van der Waals surface area contributed by atoms with Crippen molar-refractivity contribution >= 4 is 31.7 Å². The molecule has 0 radical (unpaired) electrons. The zero-order chi connectivity index (χ0) is 34.3. The van der Waals surface area contributed by atoms with Gasteiger partial charge in [-0.1, -0.05) is 71.0 Å². The Kier molecular flexibility index (Phi) is 10.8. The van der Waals surface area contributed by atoms with Crippen LogP contribution in [0.25, 0.3) is 0 Å². The summed E-state index contributed by atoms with van der Waals surface area (Å²) in [5.74, 6) is -0.614. The molecular formula is C32H24F6N2O6S2. The van der Waals surface area contributed by atoms with Crippen molar-refractivity contribution in [1.82, 2.24) is 0 Å². The molecule has 0 amide bonds. The van der Waals surface area contributed by atoms with Crippen LogP contribution in [0.2, 0.25) is 0 Å². The van der Waals surface area contributed by atoms with Crippen LogP contribution in [0.4, 0.5) is 26.3 Å². The van der Waals surface area contributed by atoms with Gasteiger partial charge < -0.3 is 19.1 Å². The molecule has 4 atom stereocenters. The van der Waals surface area contributed by atoms with Gasteiger partial charge in [0.1, 0.15) is 33.1 Å². The monoisotopic (exact) mass is 710 g/mol. The average molecular weight is 711 g/mol. The van der Waals surface area contributed by atoms with Crippen molar-refractivity contribution in [2.24, 2.45) is 10.3 Å². The fourth-order valence-corrected chi connectivity index (χ4v) is 6.60. The van der Waals surface area contributed by atoms with E-state index in [0.29, 0.717) is 43.8 Å². The Morgan fingerprint density at radius 1 is 0.542 bits per heavy atom. The lowest BCUT2D eigenvalue weighted by Gasteiger charge is -2.11. The SMILES string of the molecule is O=S(C1=NO[C@@H](c2ccc(OC(F)(F)F)cc2)C1)c1ccccc1.O=S(C1=NO[C@H](c2ccc(OC(F)(F)F)cc2)C1)c1ccccc1. The van der Waals surface area contributed by atoms with Crippen LogP contribution in [0.1, 0.15) is 36.2 Å². The van der Waals surface area contributed by atoms with Crippen molar-refractivity contribution in [2.75, 3.05) is 0 Å². The lowest BCUT2D eigenvalue weighted by Crippen LogP contribution is -2.17. The number of hydrogen-bond donors (Lipinski definition) is 0. The molecule has 0 saturated heterocycles. The van der Waals surface area contributed by atoms with Crippen LogP contribution in [-0.4, -0.2) is 31.2 Å². The summed E-state index contributed by atoms with van der Waals surface area (Å²) in [6, 6.07) is 28.4. The van der Waals surface area contributed by atoms with E-state index in [0.717, 1.165) is 0 Å². The average Bonchev–Trinajstić information content (AvgIpc) is 3.76. The highest BCUT2D eigenvalue weighted by Gasteiger charge is 2.33. The topological polar surface area (TPSA) is 95.8 Å². The number of hydrogen-bond acceptors (Lipinski definition) is 8. The fourth-order valence-electron chi connectivity index (χ4n) is 4.42. The van der Waals surface area contributed by atoms with E-state index in [4.69, 9.17) is 9.68 Å². The highest BCUT2D eigenvalue weighted by molar-refractivity contribution is 8.01. The summed E-state index contributed by atoms with van der Waals surface area (Å²) in [4.78, 5) is 11.8. The molecule has 0 aromatic heterocycles. The fraction of sp³-hybridized carbons (Fsp3) is 0.188. The molecule has 2 heterocycles. The van der Waals surface area contributed by atoms with Crippen LogP contribution in [0.15, 0.2) is 129 Å². The summed E-state index contributed by atoms with van der Waals surface area (Å²) in [6.45, 7) is 0. The van der Waals surface area contributed by atoms with Gasteiger partial charge in [0, 0.05) is 22.6 Å². The maximum Gasteiger partial charge on any atom is 0.573 e. The molecule has 2 aliphatic rings. The van der Waals surface area contributed by atoms with Crippen LogP contribution < -0.4 is 9.47 Å². The van der Waals surface area contributed by atoms with E-state index in [1.54, 1.807) is 48.5 Å². The van der Waals surface area contributed by atoms with Crippen molar-refractivity contribution in [3.63, 3.8) is 0 Å². The summed E-state index contributed by atoms with van der Waals surface area (Å²) in [7, 11) is -2.84. The molecule has 0 N–H and O–H groups in total. The van der Waals surface area contributed by atoms with E-state index in [2.05, 4.69) is 19.8 Å². The Morgan fingerprint density at radius 2 is 0.875 bits per heavy atom. The van der Waals surface area contributed by atoms with Gasteiger partial charge in [0.05, 0.1) is 0 Å². The standard InChI is InChI=1S/2C16H12F3NO3S/c2*17-16(18,19)22-12-8-6-11(7-9-12)14-10-15(20-23-14)24(21)13-4-2-1-3-5-13/h2*1-9,14H,10H2/t2*14-,24?/m10/s1. The van der Waals surface area contributed by atoms with E-state index in [9.17, 15) is 34.8 Å². The molecule has 2 aliphatic heterocycles. The minimum atomic E-state index is -4.73. The molecule has 4 aromatic carbocycles. The molecule has 0 spiro atoms. The lowest BCUT2D eigenvalue weighted by atomic mass is 10.1. The van der Waals surface area contributed by atoms with E-state index >= 15 is 0 Å². The number of halogens is 6. The molecule has 6 rings (SSSR count). The van der Waals surface area contributed by atoms with E-state index in [-0.39, 0.29) is 11.5 Å². The van der Waals surface area contributed by atoms with Gasteiger partial charge in [-0.25, -0.2) is 8.42 Å². The van der Waals surface area contributed by atoms with Crippen molar-refractivity contribution in [1.29, 1.82) is 0 Å². The Hall–Kier alpha value is -4.70. The minimum absolute atomic E-state index is 0.307. The Bertz CT molecular complexity index is 1650. The Balaban J connectivity index is 0.000000188. The van der Waals surface area contributed by atoms with Crippen LogP contribution in [0, 0.1) is 0 Å². The first-order valence-electron chi connectivity index (χ1n) is 13.9. The van der Waals surface area contributed by atoms with E-state index < -0.39 is 46.5 Å². The molecule has 48 heavy (non-hydrogen) atoms. The van der Waals surface area contributed by atoms with Crippen molar-refractivity contribution in [3.05, 3.63) is 120 Å². The molecule has 8 nitrogen and oxygen atoms in total. The smallest absolute Gasteiger partial charge is 0.406 e.